The lowest BCUT2D eigenvalue weighted by Crippen LogP contribution is -2.25. The van der Waals surface area contributed by atoms with E-state index in [0.717, 1.165) is 52.9 Å². The molecule has 7 heteroatoms. The molecule has 23 heavy (non-hydrogen) atoms. The lowest BCUT2D eigenvalue weighted by atomic mass is 9.96. The molecule has 1 atom stereocenters. The number of rotatable bonds is 4. The van der Waals surface area contributed by atoms with Crippen molar-refractivity contribution in [2.45, 2.75) is 44.3 Å². The van der Waals surface area contributed by atoms with E-state index in [1.54, 1.807) is 34.9 Å². The van der Waals surface area contributed by atoms with Crippen LogP contribution in [-0.2, 0) is 17.6 Å². The summed E-state index contributed by atoms with van der Waals surface area (Å²) in [7, 11) is 0. The SMILES string of the molecule is CCC(SC1=NCCS1)C(=O)Nc1sc2c(c1C#N)CCCC2. The van der Waals surface area contributed by atoms with Gasteiger partial charge in [0.15, 0.2) is 0 Å². The van der Waals surface area contributed by atoms with Crippen LogP contribution in [0.1, 0.15) is 42.2 Å². The van der Waals surface area contributed by atoms with E-state index >= 15 is 0 Å². The molecule has 2 heterocycles. The maximum Gasteiger partial charge on any atom is 0.238 e. The maximum atomic E-state index is 12.6. The van der Waals surface area contributed by atoms with E-state index in [4.69, 9.17) is 0 Å². The van der Waals surface area contributed by atoms with E-state index in [0.29, 0.717) is 5.56 Å². The van der Waals surface area contributed by atoms with Crippen molar-refractivity contribution in [2.24, 2.45) is 4.99 Å². The second-order valence-electron chi connectivity index (χ2n) is 5.53. The van der Waals surface area contributed by atoms with Gasteiger partial charge in [-0.05, 0) is 37.7 Å². The Morgan fingerprint density at radius 1 is 1.48 bits per heavy atom. The number of carbonyl (C=O) groups excluding carboxylic acids is 1. The Bertz CT molecular complexity index is 675. The Hall–Kier alpha value is -0.970. The summed E-state index contributed by atoms with van der Waals surface area (Å²) < 4.78 is 1.01. The fourth-order valence-electron chi connectivity index (χ4n) is 2.80. The van der Waals surface area contributed by atoms with Crippen LogP contribution in [0.15, 0.2) is 4.99 Å². The van der Waals surface area contributed by atoms with Gasteiger partial charge in [-0.25, -0.2) is 0 Å². The molecule has 1 aliphatic carbocycles. The van der Waals surface area contributed by atoms with Gasteiger partial charge in [-0.3, -0.25) is 9.79 Å². The number of aliphatic imine (C=N–C) groups is 1. The summed E-state index contributed by atoms with van der Waals surface area (Å²) in [6.45, 7) is 2.86. The molecule has 1 aliphatic heterocycles. The zero-order valence-electron chi connectivity index (χ0n) is 13.1. The third-order valence-corrected chi connectivity index (χ3v) is 7.76. The molecule has 0 saturated heterocycles. The van der Waals surface area contributed by atoms with Crippen molar-refractivity contribution in [3.63, 3.8) is 0 Å². The van der Waals surface area contributed by atoms with E-state index < -0.39 is 0 Å². The van der Waals surface area contributed by atoms with Crippen molar-refractivity contribution in [1.29, 1.82) is 5.26 Å². The first-order valence-electron chi connectivity index (χ1n) is 7.92. The van der Waals surface area contributed by atoms with Crippen LogP contribution in [0.25, 0.3) is 0 Å². The molecule has 122 valence electrons. The predicted octanol–water partition coefficient (Wildman–Crippen LogP) is 4.05. The number of anilines is 1. The number of amides is 1. The van der Waals surface area contributed by atoms with Crippen molar-refractivity contribution >= 4 is 50.1 Å². The normalized spacial score (nSPS) is 18.0. The van der Waals surface area contributed by atoms with E-state index in [-0.39, 0.29) is 11.2 Å². The van der Waals surface area contributed by atoms with Crippen LogP contribution in [0.3, 0.4) is 0 Å². The second kappa shape index (κ2) is 7.73. The molecule has 0 bridgehead atoms. The summed E-state index contributed by atoms with van der Waals surface area (Å²) in [6, 6.07) is 2.30. The number of fused-ring (bicyclic) bond motifs is 1. The first kappa shape index (κ1) is 16.9. The first-order valence-corrected chi connectivity index (χ1v) is 10.6. The molecule has 1 aromatic rings. The zero-order valence-corrected chi connectivity index (χ0v) is 15.5. The van der Waals surface area contributed by atoms with Gasteiger partial charge in [0.05, 0.1) is 17.4 Å². The maximum absolute atomic E-state index is 12.6. The van der Waals surface area contributed by atoms with E-state index in [9.17, 15) is 10.1 Å². The molecule has 0 fully saturated rings. The summed E-state index contributed by atoms with van der Waals surface area (Å²) in [6.07, 6.45) is 5.06. The van der Waals surface area contributed by atoms with Crippen LogP contribution in [0, 0.1) is 11.3 Å². The number of nitriles is 1. The van der Waals surface area contributed by atoms with Crippen molar-refractivity contribution < 1.29 is 4.79 Å². The van der Waals surface area contributed by atoms with Crippen molar-refractivity contribution in [3.8, 4) is 6.07 Å². The highest BCUT2D eigenvalue weighted by Gasteiger charge is 2.26. The number of nitrogens with zero attached hydrogens (tertiary/aromatic N) is 2. The molecule has 0 radical (unpaired) electrons. The van der Waals surface area contributed by atoms with Gasteiger partial charge in [0, 0.05) is 10.6 Å². The van der Waals surface area contributed by atoms with Gasteiger partial charge in [0.1, 0.15) is 15.4 Å². The third kappa shape index (κ3) is 3.76. The smallest absolute Gasteiger partial charge is 0.238 e. The van der Waals surface area contributed by atoms with Gasteiger partial charge in [0.2, 0.25) is 5.91 Å². The summed E-state index contributed by atoms with van der Waals surface area (Å²) in [4.78, 5) is 18.3. The van der Waals surface area contributed by atoms with Gasteiger partial charge in [-0.1, -0.05) is 30.4 Å². The Morgan fingerprint density at radius 2 is 2.30 bits per heavy atom. The molecule has 2 aliphatic rings. The number of hydrogen-bond donors (Lipinski definition) is 1. The second-order valence-corrected chi connectivity index (χ2v) is 9.17. The van der Waals surface area contributed by atoms with E-state index in [1.165, 1.54) is 11.3 Å². The third-order valence-electron chi connectivity index (χ3n) is 3.98. The van der Waals surface area contributed by atoms with Crippen molar-refractivity contribution in [1.82, 2.24) is 0 Å². The Morgan fingerprint density at radius 3 is 3.00 bits per heavy atom. The minimum absolute atomic E-state index is 0.0113. The highest BCUT2D eigenvalue weighted by molar-refractivity contribution is 8.39. The summed E-state index contributed by atoms with van der Waals surface area (Å²) >= 11 is 4.86. The first-order chi connectivity index (χ1) is 11.2. The molecular weight excluding hydrogens is 346 g/mol. The van der Waals surface area contributed by atoms with Crippen LogP contribution in [-0.4, -0.2) is 27.8 Å². The van der Waals surface area contributed by atoms with Gasteiger partial charge >= 0.3 is 0 Å². The lowest BCUT2D eigenvalue weighted by Gasteiger charge is -2.13. The van der Waals surface area contributed by atoms with Gasteiger partial charge in [0.25, 0.3) is 0 Å². The van der Waals surface area contributed by atoms with Gasteiger partial charge < -0.3 is 5.32 Å². The van der Waals surface area contributed by atoms with E-state index in [1.807, 2.05) is 6.92 Å². The van der Waals surface area contributed by atoms with Gasteiger partial charge in [-0.2, -0.15) is 5.26 Å². The minimum atomic E-state index is -0.148. The van der Waals surface area contributed by atoms with E-state index in [2.05, 4.69) is 16.4 Å². The predicted molar refractivity (Wildman–Crippen MR) is 101 cm³/mol. The summed E-state index contributed by atoms with van der Waals surface area (Å²) in [5.74, 6) is 0.999. The van der Waals surface area contributed by atoms with Crippen LogP contribution < -0.4 is 5.32 Å². The highest BCUT2D eigenvalue weighted by Crippen LogP contribution is 2.38. The molecule has 4 nitrogen and oxygen atoms in total. The molecule has 0 spiro atoms. The topological polar surface area (TPSA) is 65.2 Å². The summed E-state index contributed by atoms with van der Waals surface area (Å²) in [5, 5.41) is 13.1. The quantitative estimate of drug-likeness (QED) is 0.874. The number of thioether (sulfide) groups is 2. The molecule has 3 rings (SSSR count). The molecule has 1 N–H and O–H groups in total. The minimum Gasteiger partial charge on any atom is -0.316 e. The van der Waals surface area contributed by atoms with Crippen molar-refractivity contribution in [3.05, 3.63) is 16.0 Å². The Kier molecular flexibility index (Phi) is 5.67. The van der Waals surface area contributed by atoms with Crippen LogP contribution >= 0.6 is 34.9 Å². The average molecular weight is 366 g/mol. The van der Waals surface area contributed by atoms with Gasteiger partial charge in [-0.15, -0.1) is 11.3 Å². The zero-order chi connectivity index (χ0) is 16.2. The Balaban J connectivity index is 1.74. The highest BCUT2D eigenvalue weighted by atomic mass is 32.2. The number of hydrogen-bond acceptors (Lipinski definition) is 6. The lowest BCUT2D eigenvalue weighted by molar-refractivity contribution is -0.115. The number of thiophene rings is 1. The molecular formula is C16H19N3OS3. The Labute approximate surface area is 149 Å². The number of carbonyl (C=O) groups is 1. The summed E-state index contributed by atoms with van der Waals surface area (Å²) in [5.41, 5.74) is 1.85. The van der Waals surface area contributed by atoms with Crippen LogP contribution in [0.4, 0.5) is 5.00 Å². The number of aryl methyl sites for hydroxylation is 1. The average Bonchev–Trinajstić information content (AvgIpc) is 3.19. The van der Waals surface area contributed by atoms with Crippen molar-refractivity contribution in [2.75, 3.05) is 17.6 Å². The molecule has 1 amide bonds. The molecule has 0 saturated carbocycles. The van der Waals surface area contributed by atoms with Crippen LogP contribution in [0.2, 0.25) is 0 Å². The molecule has 0 aromatic carbocycles. The monoisotopic (exact) mass is 365 g/mol. The number of nitrogens with one attached hydrogen (secondary N) is 1. The fourth-order valence-corrected chi connectivity index (χ4v) is 6.19. The standard InChI is InChI=1S/C16H19N3OS3/c1-2-12(23-16-18-7-8-21-16)14(20)19-15-11(9-17)10-5-3-4-6-13(10)22-15/h12H,2-8H2,1H3,(H,19,20). The fraction of sp³-hybridized carbons (Fsp3) is 0.562. The largest absolute Gasteiger partial charge is 0.316 e. The van der Waals surface area contributed by atoms with Crippen LogP contribution in [0.5, 0.6) is 0 Å². The molecule has 1 unspecified atom stereocenters. The molecule has 1 aromatic heterocycles.